The number of likely N-dealkylation sites (N-methyl/N-ethyl adjacent to an activating group) is 1. The molecule has 1 aliphatic rings. The predicted octanol–water partition coefficient (Wildman–Crippen LogP) is -0.438. The minimum atomic E-state index is -0.711. The Morgan fingerprint density at radius 1 is 1.18 bits per heavy atom. The van der Waals surface area contributed by atoms with E-state index < -0.39 is 24.1 Å². The molecule has 1 unspecified atom stereocenters. The number of oxime groups is 1. The van der Waals surface area contributed by atoms with Gasteiger partial charge >= 0.3 is 18.1 Å². The number of esters is 1. The molecule has 0 spiro atoms. The SMILES string of the molecule is COC(=O)CCNC(=O)NC1CCN(c2ccc(C(N)=NOC(=O)NCCN(C)C)cc2)C1=O. The number of amides is 4. The fourth-order valence-electron chi connectivity index (χ4n) is 3.03. The van der Waals surface area contributed by atoms with Gasteiger partial charge in [-0.25, -0.2) is 9.59 Å². The number of nitrogens with one attached hydrogen (secondary N) is 3. The third kappa shape index (κ3) is 8.24. The van der Waals surface area contributed by atoms with Gasteiger partial charge in [0.05, 0.1) is 13.5 Å². The highest BCUT2D eigenvalue weighted by molar-refractivity contribution is 6.02. The second-order valence-corrected chi connectivity index (χ2v) is 7.69. The molecule has 0 saturated carbocycles. The van der Waals surface area contributed by atoms with E-state index in [9.17, 15) is 19.2 Å². The van der Waals surface area contributed by atoms with E-state index in [0.29, 0.717) is 37.3 Å². The van der Waals surface area contributed by atoms with Crippen molar-refractivity contribution in [3.8, 4) is 0 Å². The van der Waals surface area contributed by atoms with Crippen molar-refractivity contribution < 1.29 is 28.8 Å². The van der Waals surface area contributed by atoms with Gasteiger partial charge < -0.3 is 36.2 Å². The zero-order valence-electron chi connectivity index (χ0n) is 19.5. The maximum atomic E-state index is 12.7. The maximum Gasteiger partial charge on any atom is 0.433 e. The van der Waals surface area contributed by atoms with Crippen LogP contribution in [0, 0.1) is 0 Å². The highest BCUT2D eigenvalue weighted by Crippen LogP contribution is 2.22. The molecule has 1 aromatic carbocycles. The molecule has 4 amide bonds. The van der Waals surface area contributed by atoms with Crippen LogP contribution in [0.15, 0.2) is 29.4 Å². The second-order valence-electron chi connectivity index (χ2n) is 7.69. The summed E-state index contributed by atoms with van der Waals surface area (Å²) in [6.45, 7) is 1.59. The van der Waals surface area contributed by atoms with Crippen molar-refractivity contribution >= 4 is 35.5 Å². The summed E-state index contributed by atoms with van der Waals surface area (Å²) in [6, 6.07) is 5.46. The van der Waals surface area contributed by atoms with Crippen molar-refractivity contribution in [1.82, 2.24) is 20.9 Å². The number of ether oxygens (including phenoxy) is 1. The summed E-state index contributed by atoms with van der Waals surface area (Å²) in [5.74, 6) is -0.687. The van der Waals surface area contributed by atoms with Crippen molar-refractivity contribution in [2.24, 2.45) is 10.9 Å². The number of anilines is 1. The number of benzene rings is 1. The summed E-state index contributed by atoms with van der Waals surface area (Å²) in [5.41, 5.74) is 7.00. The van der Waals surface area contributed by atoms with E-state index in [2.05, 4.69) is 25.8 Å². The summed E-state index contributed by atoms with van der Waals surface area (Å²) in [4.78, 5) is 55.6. The van der Waals surface area contributed by atoms with Crippen LogP contribution in [-0.2, 0) is 19.2 Å². The number of nitrogens with zero attached hydrogens (tertiary/aromatic N) is 3. The number of urea groups is 1. The standard InChI is InChI=1S/C21H31N7O6/c1-27(2)13-11-24-21(32)34-26-18(22)14-4-6-15(7-5-14)28-12-9-16(19(28)30)25-20(31)23-10-8-17(29)33-3/h4-7,16H,8-13H2,1-3H3,(H2,22,26)(H,24,32)(H2,23,25,31). The molecule has 1 heterocycles. The molecule has 13 nitrogen and oxygen atoms in total. The van der Waals surface area contributed by atoms with Crippen LogP contribution in [0.5, 0.6) is 0 Å². The van der Waals surface area contributed by atoms with Crippen LogP contribution in [0.2, 0.25) is 0 Å². The minimum absolute atomic E-state index is 0.00484. The minimum Gasteiger partial charge on any atom is -0.469 e. The molecule has 34 heavy (non-hydrogen) atoms. The fourth-order valence-corrected chi connectivity index (χ4v) is 3.03. The summed E-state index contributed by atoms with van der Waals surface area (Å²) in [6.07, 6.45) is -0.234. The molecule has 1 aromatic rings. The zero-order chi connectivity index (χ0) is 25.1. The summed E-state index contributed by atoms with van der Waals surface area (Å²) in [7, 11) is 5.03. The highest BCUT2D eigenvalue weighted by atomic mass is 16.7. The van der Waals surface area contributed by atoms with Gasteiger partial charge in [-0.1, -0.05) is 5.16 Å². The Balaban J connectivity index is 1.85. The number of carbonyl (C=O) groups excluding carboxylic acids is 4. The van der Waals surface area contributed by atoms with E-state index in [-0.39, 0.29) is 24.7 Å². The molecule has 2 rings (SSSR count). The van der Waals surface area contributed by atoms with Gasteiger partial charge in [0.1, 0.15) is 6.04 Å². The van der Waals surface area contributed by atoms with Crippen LogP contribution in [0.4, 0.5) is 15.3 Å². The fraction of sp³-hybridized carbons (Fsp3) is 0.476. The van der Waals surface area contributed by atoms with E-state index in [1.807, 2.05) is 19.0 Å². The number of hydrogen-bond donors (Lipinski definition) is 4. The van der Waals surface area contributed by atoms with Crippen molar-refractivity contribution in [2.45, 2.75) is 18.9 Å². The quantitative estimate of drug-likeness (QED) is 0.116. The van der Waals surface area contributed by atoms with Crippen molar-refractivity contribution in [3.05, 3.63) is 29.8 Å². The largest absolute Gasteiger partial charge is 0.469 e. The molecule has 186 valence electrons. The van der Waals surface area contributed by atoms with Gasteiger partial charge in [-0.15, -0.1) is 0 Å². The average molecular weight is 478 g/mol. The molecule has 1 aliphatic heterocycles. The van der Waals surface area contributed by atoms with E-state index in [0.717, 1.165) is 0 Å². The Bertz CT molecular complexity index is 903. The Morgan fingerprint density at radius 2 is 1.88 bits per heavy atom. The molecule has 1 saturated heterocycles. The molecule has 0 bridgehead atoms. The number of nitrogens with two attached hydrogens (primary N) is 1. The normalized spacial score (nSPS) is 15.8. The van der Waals surface area contributed by atoms with Gasteiger partial charge in [0.2, 0.25) is 5.91 Å². The lowest BCUT2D eigenvalue weighted by molar-refractivity contribution is -0.140. The smallest absolute Gasteiger partial charge is 0.433 e. The van der Waals surface area contributed by atoms with E-state index >= 15 is 0 Å². The van der Waals surface area contributed by atoms with Crippen LogP contribution >= 0.6 is 0 Å². The molecule has 0 aromatic heterocycles. The Morgan fingerprint density at radius 3 is 2.53 bits per heavy atom. The lowest BCUT2D eigenvalue weighted by Gasteiger charge is -2.18. The van der Waals surface area contributed by atoms with Gasteiger partial charge in [0.15, 0.2) is 5.84 Å². The molecular weight excluding hydrogens is 446 g/mol. The van der Waals surface area contributed by atoms with Crippen LogP contribution in [0.3, 0.4) is 0 Å². The van der Waals surface area contributed by atoms with Gasteiger partial charge in [-0.05, 0) is 44.8 Å². The Hall–Kier alpha value is -3.87. The Labute approximate surface area is 197 Å². The molecule has 0 aliphatic carbocycles. The van der Waals surface area contributed by atoms with E-state index in [1.165, 1.54) is 7.11 Å². The van der Waals surface area contributed by atoms with E-state index in [4.69, 9.17) is 10.6 Å². The number of rotatable bonds is 10. The third-order valence-corrected chi connectivity index (χ3v) is 4.88. The van der Waals surface area contributed by atoms with Crippen molar-refractivity contribution in [3.63, 3.8) is 0 Å². The van der Waals surface area contributed by atoms with Gasteiger partial charge in [-0.3, -0.25) is 14.4 Å². The first-order valence-electron chi connectivity index (χ1n) is 10.7. The van der Waals surface area contributed by atoms with Crippen LogP contribution in [-0.4, -0.2) is 88.2 Å². The molecular formula is C21H31N7O6. The van der Waals surface area contributed by atoms with Gasteiger partial charge in [-0.2, -0.15) is 0 Å². The Kier molecular flexibility index (Phi) is 10.1. The first-order chi connectivity index (χ1) is 16.2. The first-order valence-corrected chi connectivity index (χ1v) is 10.7. The first kappa shape index (κ1) is 26.4. The number of amidine groups is 1. The summed E-state index contributed by atoms with van der Waals surface area (Å²) in [5, 5.41) is 11.3. The average Bonchev–Trinajstić information content (AvgIpc) is 3.16. The van der Waals surface area contributed by atoms with Crippen LogP contribution < -0.4 is 26.6 Å². The highest BCUT2D eigenvalue weighted by Gasteiger charge is 2.33. The molecule has 13 heteroatoms. The number of carbonyl (C=O) groups is 4. The zero-order valence-corrected chi connectivity index (χ0v) is 19.5. The van der Waals surface area contributed by atoms with E-state index in [1.54, 1.807) is 29.2 Å². The van der Waals surface area contributed by atoms with Crippen LogP contribution in [0.25, 0.3) is 0 Å². The molecule has 1 fully saturated rings. The monoisotopic (exact) mass is 477 g/mol. The molecule has 1 atom stereocenters. The predicted molar refractivity (Wildman–Crippen MR) is 124 cm³/mol. The van der Waals surface area contributed by atoms with Gasteiger partial charge in [0.25, 0.3) is 0 Å². The van der Waals surface area contributed by atoms with Gasteiger partial charge in [0, 0.05) is 37.4 Å². The summed E-state index contributed by atoms with van der Waals surface area (Å²) >= 11 is 0. The maximum absolute atomic E-state index is 12.7. The molecule has 0 radical (unpaired) electrons. The second kappa shape index (κ2) is 13.0. The third-order valence-electron chi connectivity index (χ3n) is 4.88. The van der Waals surface area contributed by atoms with Crippen molar-refractivity contribution in [1.29, 1.82) is 0 Å². The lowest BCUT2D eigenvalue weighted by Crippen LogP contribution is -2.46. The number of methoxy groups -OCH3 is 1. The summed E-state index contributed by atoms with van der Waals surface area (Å²) < 4.78 is 4.50. The van der Waals surface area contributed by atoms with Crippen LogP contribution in [0.1, 0.15) is 18.4 Å². The lowest BCUT2D eigenvalue weighted by atomic mass is 10.2. The van der Waals surface area contributed by atoms with Crippen molar-refractivity contribution in [2.75, 3.05) is 52.3 Å². The topological polar surface area (TPSA) is 168 Å². The number of hydrogen-bond acceptors (Lipinski definition) is 8. The molecule has 5 N–H and O–H groups in total.